The molecule has 1 aromatic heterocycles. The van der Waals surface area contributed by atoms with Crippen molar-refractivity contribution in [3.8, 4) is 5.75 Å². The second-order valence-corrected chi connectivity index (χ2v) is 10.7. The Morgan fingerprint density at radius 2 is 1.62 bits per heavy atom. The predicted octanol–water partition coefficient (Wildman–Crippen LogP) is 4.47. The molecule has 2 amide bonds. The van der Waals surface area contributed by atoms with Crippen molar-refractivity contribution in [3.63, 3.8) is 0 Å². The minimum Gasteiger partial charge on any atom is -0.477 e. The summed E-state index contributed by atoms with van der Waals surface area (Å²) in [5, 5.41) is 5.98. The molecule has 10 heteroatoms. The van der Waals surface area contributed by atoms with Crippen LogP contribution in [0, 0.1) is 0 Å². The van der Waals surface area contributed by atoms with E-state index < -0.39 is 23.2 Å². The summed E-state index contributed by atoms with van der Waals surface area (Å²) in [5.41, 5.74) is -1.86. The average Bonchev–Trinajstić information content (AvgIpc) is 3.61. The Bertz CT molecular complexity index is 1150. The summed E-state index contributed by atoms with van der Waals surface area (Å²) in [5.74, 6) is -0.113. The summed E-state index contributed by atoms with van der Waals surface area (Å²) in [6.45, 7) is 2.95. The number of benzene rings is 1. The molecule has 198 valence electrons. The van der Waals surface area contributed by atoms with E-state index in [4.69, 9.17) is 4.74 Å². The van der Waals surface area contributed by atoms with Crippen LogP contribution in [0.3, 0.4) is 0 Å². The Hall–Kier alpha value is -3.30. The number of nitrogens with zero attached hydrogens (tertiary/aromatic N) is 2. The molecule has 7 nitrogen and oxygen atoms in total. The van der Waals surface area contributed by atoms with Crippen molar-refractivity contribution in [2.45, 2.75) is 88.3 Å². The quantitative estimate of drug-likeness (QED) is 0.568. The first-order valence-corrected chi connectivity index (χ1v) is 12.7. The third kappa shape index (κ3) is 5.52. The normalized spacial score (nSPS) is 23.5. The van der Waals surface area contributed by atoms with E-state index >= 15 is 0 Å². The van der Waals surface area contributed by atoms with E-state index in [2.05, 4.69) is 20.5 Å². The molecular weight excluding hydrogens is 485 g/mol. The number of fused-ring (bicyclic) bond motifs is 2. The van der Waals surface area contributed by atoms with E-state index in [0.29, 0.717) is 18.4 Å². The minimum absolute atomic E-state index is 0.103. The fourth-order valence-electron chi connectivity index (χ4n) is 5.31. The van der Waals surface area contributed by atoms with E-state index in [0.717, 1.165) is 37.6 Å². The van der Waals surface area contributed by atoms with Gasteiger partial charge in [-0.15, -0.1) is 0 Å². The van der Waals surface area contributed by atoms with Gasteiger partial charge < -0.3 is 20.3 Å². The molecule has 37 heavy (non-hydrogen) atoms. The first kappa shape index (κ1) is 25.4. The largest absolute Gasteiger partial charge is 0.477 e. The van der Waals surface area contributed by atoms with Gasteiger partial charge in [0, 0.05) is 30.4 Å². The van der Waals surface area contributed by atoms with E-state index in [9.17, 15) is 22.8 Å². The number of aromatic nitrogens is 1. The average molecular weight is 517 g/mol. The molecule has 3 fully saturated rings. The highest BCUT2D eigenvalue weighted by molar-refractivity contribution is 5.94. The second-order valence-electron chi connectivity index (χ2n) is 10.7. The van der Waals surface area contributed by atoms with Crippen LogP contribution < -0.4 is 20.3 Å². The van der Waals surface area contributed by atoms with Crippen LogP contribution in [0.25, 0.3) is 0 Å². The summed E-state index contributed by atoms with van der Waals surface area (Å²) in [7, 11) is 0. The Morgan fingerprint density at radius 3 is 2.22 bits per heavy atom. The Balaban J connectivity index is 1.21. The fourth-order valence-corrected chi connectivity index (χ4v) is 5.31. The number of ether oxygens (including phenoxy) is 1. The molecule has 0 unspecified atom stereocenters. The lowest BCUT2D eigenvalue weighted by atomic mass is 9.96. The summed E-state index contributed by atoms with van der Waals surface area (Å²) in [6, 6.07) is 9.10. The van der Waals surface area contributed by atoms with Crippen molar-refractivity contribution in [2.75, 3.05) is 4.90 Å². The minimum atomic E-state index is -4.58. The van der Waals surface area contributed by atoms with E-state index in [1.165, 1.54) is 32.0 Å². The number of amides is 2. The lowest BCUT2D eigenvalue weighted by Crippen LogP contribution is -2.55. The molecule has 2 aliphatic heterocycles. The SMILES string of the molecule is CC(C)(Oc1ccccc1C(F)(F)F)C(=O)N[C@H]1C[C@H]2CC[C@@H](C1)N2c1ccc(C(=O)NC2CC2)cn1. The van der Waals surface area contributed by atoms with Gasteiger partial charge in [-0.2, -0.15) is 13.2 Å². The van der Waals surface area contributed by atoms with Crippen molar-refractivity contribution in [2.24, 2.45) is 0 Å². The second kappa shape index (κ2) is 9.54. The molecule has 2 bridgehead atoms. The number of rotatable bonds is 7. The zero-order chi connectivity index (χ0) is 26.4. The molecule has 1 aromatic carbocycles. The zero-order valence-electron chi connectivity index (χ0n) is 20.8. The van der Waals surface area contributed by atoms with Gasteiger partial charge in [0.1, 0.15) is 11.6 Å². The molecule has 1 saturated carbocycles. The van der Waals surface area contributed by atoms with Crippen molar-refractivity contribution >= 4 is 17.6 Å². The molecule has 2 aromatic rings. The smallest absolute Gasteiger partial charge is 0.419 e. The third-order valence-corrected chi connectivity index (χ3v) is 7.36. The molecule has 2 saturated heterocycles. The number of carbonyl (C=O) groups excluding carboxylic acids is 2. The number of hydrogen-bond donors (Lipinski definition) is 2. The molecule has 1 aliphatic carbocycles. The highest BCUT2D eigenvalue weighted by Gasteiger charge is 2.44. The highest BCUT2D eigenvalue weighted by Crippen LogP contribution is 2.40. The Morgan fingerprint density at radius 1 is 0.946 bits per heavy atom. The number of piperidine rings is 1. The molecule has 3 aliphatic rings. The van der Waals surface area contributed by atoms with Crippen LogP contribution in [-0.2, 0) is 11.0 Å². The fraction of sp³-hybridized carbons (Fsp3) is 0.519. The number of para-hydroxylation sites is 1. The number of halogens is 3. The number of pyridine rings is 1. The van der Waals surface area contributed by atoms with Crippen molar-refractivity contribution in [3.05, 3.63) is 53.7 Å². The number of carbonyl (C=O) groups is 2. The van der Waals surface area contributed by atoms with Gasteiger partial charge in [0.2, 0.25) is 0 Å². The number of nitrogens with one attached hydrogen (secondary N) is 2. The van der Waals surface area contributed by atoms with E-state index in [-0.39, 0.29) is 35.8 Å². The van der Waals surface area contributed by atoms with Gasteiger partial charge in [-0.1, -0.05) is 12.1 Å². The van der Waals surface area contributed by atoms with Gasteiger partial charge in [0.05, 0.1) is 11.1 Å². The van der Waals surface area contributed by atoms with Crippen LogP contribution >= 0.6 is 0 Å². The highest BCUT2D eigenvalue weighted by atomic mass is 19.4. The van der Waals surface area contributed by atoms with Crippen LogP contribution in [0.1, 0.15) is 68.3 Å². The summed E-state index contributed by atoms with van der Waals surface area (Å²) in [4.78, 5) is 32.2. The maximum absolute atomic E-state index is 13.4. The first-order valence-electron chi connectivity index (χ1n) is 12.7. The monoisotopic (exact) mass is 516 g/mol. The van der Waals surface area contributed by atoms with Gasteiger partial charge in [-0.3, -0.25) is 9.59 Å². The zero-order valence-corrected chi connectivity index (χ0v) is 20.8. The number of anilines is 1. The van der Waals surface area contributed by atoms with Gasteiger partial charge in [-0.05, 0) is 76.6 Å². The number of alkyl halides is 3. The van der Waals surface area contributed by atoms with Crippen LogP contribution in [0.5, 0.6) is 5.75 Å². The Labute approximate surface area is 213 Å². The summed E-state index contributed by atoms with van der Waals surface area (Å²) < 4.78 is 45.7. The number of hydrogen-bond acceptors (Lipinski definition) is 5. The van der Waals surface area contributed by atoms with Gasteiger partial charge in [-0.25, -0.2) is 4.98 Å². The summed E-state index contributed by atoms with van der Waals surface area (Å²) >= 11 is 0. The van der Waals surface area contributed by atoms with E-state index in [1.54, 1.807) is 12.3 Å². The van der Waals surface area contributed by atoms with Gasteiger partial charge in [0.15, 0.2) is 5.60 Å². The lowest BCUT2D eigenvalue weighted by Gasteiger charge is -2.41. The first-order chi connectivity index (χ1) is 17.5. The van der Waals surface area contributed by atoms with Crippen molar-refractivity contribution in [1.29, 1.82) is 0 Å². The topological polar surface area (TPSA) is 83.6 Å². The molecule has 3 heterocycles. The molecule has 5 rings (SSSR count). The molecular formula is C27H31F3N4O3. The third-order valence-electron chi connectivity index (χ3n) is 7.36. The molecule has 0 spiro atoms. The van der Waals surface area contributed by atoms with E-state index in [1.807, 2.05) is 6.07 Å². The Kier molecular flexibility index (Phi) is 6.53. The maximum Gasteiger partial charge on any atom is 0.419 e. The lowest BCUT2D eigenvalue weighted by molar-refractivity contribution is -0.143. The van der Waals surface area contributed by atoms with Gasteiger partial charge >= 0.3 is 6.18 Å². The van der Waals surface area contributed by atoms with Gasteiger partial charge in [0.25, 0.3) is 11.8 Å². The molecule has 0 radical (unpaired) electrons. The van der Waals surface area contributed by atoms with Crippen LogP contribution in [0.2, 0.25) is 0 Å². The summed E-state index contributed by atoms with van der Waals surface area (Å²) in [6.07, 6.45) is 2.39. The van der Waals surface area contributed by atoms with Crippen LogP contribution in [0.15, 0.2) is 42.6 Å². The molecule has 2 N–H and O–H groups in total. The standard InChI is InChI=1S/C27H31F3N4O3/c1-26(2,37-22-6-4-3-5-21(22)27(28,29)30)25(36)33-18-13-19-10-11-20(14-18)34(19)23-12-7-16(15-31-23)24(35)32-17-8-9-17/h3-7,12,15,17-20H,8-11,13-14H2,1-2H3,(H,32,35)(H,33,36)/t18-,19+,20-. The van der Waals surface area contributed by atoms with Crippen molar-refractivity contribution in [1.82, 2.24) is 15.6 Å². The predicted molar refractivity (Wildman–Crippen MR) is 131 cm³/mol. The van der Waals surface area contributed by atoms with Crippen molar-refractivity contribution < 1.29 is 27.5 Å². The van der Waals surface area contributed by atoms with Crippen LogP contribution in [-0.4, -0.2) is 46.6 Å². The van der Waals surface area contributed by atoms with Crippen LogP contribution in [0.4, 0.5) is 19.0 Å². The molecule has 3 atom stereocenters. The maximum atomic E-state index is 13.4.